The van der Waals surface area contributed by atoms with Crippen LogP contribution in [0.25, 0.3) is 0 Å². The van der Waals surface area contributed by atoms with Crippen LogP contribution in [0.3, 0.4) is 0 Å². The Morgan fingerprint density at radius 3 is 2.76 bits per heavy atom. The second-order valence-corrected chi connectivity index (χ2v) is 4.91. The lowest BCUT2D eigenvalue weighted by atomic mass is 9.95. The van der Waals surface area contributed by atoms with Crippen LogP contribution in [-0.4, -0.2) is 55.9 Å². The van der Waals surface area contributed by atoms with Crippen LogP contribution >= 0.6 is 12.4 Å². The molecular formula is C15H22ClNO4. The summed E-state index contributed by atoms with van der Waals surface area (Å²) in [4.78, 5) is 13.7. The number of carboxylic acid groups (broad SMARTS) is 1. The molecule has 1 saturated heterocycles. The zero-order chi connectivity index (χ0) is 14.4. The third-order valence-electron chi connectivity index (χ3n) is 3.63. The molecule has 1 aromatic carbocycles. The van der Waals surface area contributed by atoms with Crippen LogP contribution in [0.1, 0.15) is 17.9 Å². The van der Waals surface area contributed by atoms with Gasteiger partial charge in [0, 0.05) is 13.1 Å². The first-order valence-corrected chi connectivity index (χ1v) is 6.87. The number of nitrogens with zero attached hydrogens (tertiary/aromatic N) is 1. The van der Waals surface area contributed by atoms with Crippen molar-refractivity contribution in [3.8, 4) is 5.75 Å². The Labute approximate surface area is 131 Å². The molecule has 0 spiro atoms. The Morgan fingerprint density at radius 2 is 2.14 bits per heavy atom. The number of aliphatic carboxylic acids is 1. The third kappa shape index (κ3) is 5.19. The zero-order valence-corrected chi connectivity index (χ0v) is 13.0. The Morgan fingerprint density at radius 1 is 1.43 bits per heavy atom. The van der Waals surface area contributed by atoms with E-state index in [1.165, 1.54) is 0 Å². The largest absolute Gasteiger partial charge is 0.497 e. The van der Waals surface area contributed by atoms with Crippen LogP contribution in [0, 0.1) is 0 Å². The fraction of sp³-hybridized carbons (Fsp3) is 0.533. The van der Waals surface area contributed by atoms with Gasteiger partial charge in [0.25, 0.3) is 0 Å². The number of ether oxygens (including phenoxy) is 2. The molecule has 5 nitrogen and oxygen atoms in total. The number of methoxy groups -OCH3 is 1. The highest BCUT2D eigenvalue weighted by molar-refractivity contribution is 5.85. The number of hydrogen-bond donors (Lipinski definition) is 1. The molecule has 1 aliphatic rings. The van der Waals surface area contributed by atoms with Crippen LogP contribution in [0.4, 0.5) is 0 Å². The molecule has 6 heteroatoms. The van der Waals surface area contributed by atoms with Crippen molar-refractivity contribution < 1.29 is 19.4 Å². The number of halogens is 1. The van der Waals surface area contributed by atoms with Crippen molar-refractivity contribution in [1.82, 2.24) is 4.90 Å². The van der Waals surface area contributed by atoms with Gasteiger partial charge in [-0.3, -0.25) is 9.69 Å². The van der Waals surface area contributed by atoms with Gasteiger partial charge in [-0.05, 0) is 30.7 Å². The first-order valence-electron chi connectivity index (χ1n) is 6.87. The predicted molar refractivity (Wildman–Crippen MR) is 82.5 cm³/mol. The molecular weight excluding hydrogens is 294 g/mol. The maximum absolute atomic E-state index is 11.5. The summed E-state index contributed by atoms with van der Waals surface area (Å²) >= 11 is 0. The molecule has 1 aliphatic heterocycles. The van der Waals surface area contributed by atoms with Crippen LogP contribution in [0.15, 0.2) is 24.3 Å². The summed E-state index contributed by atoms with van der Waals surface area (Å²) in [5.41, 5.74) is 0.796. The second-order valence-electron chi connectivity index (χ2n) is 4.91. The number of carboxylic acids is 1. The number of rotatable bonds is 6. The maximum atomic E-state index is 11.5. The third-order valence-corrected chi connectivity index (χ3v) is 3.63. The standard InChI is InChI=1S/C15H21NO4.ClH/c1-19-13-4-2-3-12(11-13)14(15(17)18)5-6-16-7-9-20-10-8-16;/h2-4,11,14H,5-10H2,1H3,(H,17,18);1H. The highest BCUT2D eigenvalue weighted by atomic mass is 35.5. The Bertz CT molecular complexity index is 449. The van der Waals surface area contributed by atoms with Gasteiger partial charge in [-0.1, -0.05) is 12.1 Å². The normalized spacial score (nSPS) is 16.8. The average Bonchev–Trinajstić information content (AvgIpc) is 2.48. The summed E-state index contributed by atoms with van der Waals surface area (Å²) in [6, 6.07) is 7.31. The van der Waals surface area contributed by atoms with Crippen molar-refractivity contribution in [2.45, 2.75) is 12.3 Å². The van der Waals surface area contributed by atoms with Gasteiger partial charge in [0.15, 0.2) is 0 Å². The minimum atomic E-state index is -0.786. The van der Waals surface area contributed by atoms with Crippen molar-refractivity contribution in [2.24, 2.45) is 0 Å². The molecule has 1 aromatic rings. The van der Waals surface area contributed by atoms with E-state index < -0.39 is 11.9 Å². The molecule has 1 fully saturated rings. The number of morpholine rings is 1. The molecule has 1 N–H and O–H groups in total. The van der Waals surface area contributed by atoms with Gasteiger partial charge in [0.05, 0.1) is 26.2 Å². The van der Waals surface area contributed by atoms with Crippen LogP contribution in [0.2, 0.25) is 0 Å². The summed E-state index contributed by atoms with van der Waals surface area (Å²) in [6.45, 7) is 4.00. The lowest BCUT2D eigenvalue weighted by molar-refractivity contribution is -0.139. The van der Waals surface area contributed by atoms with Crippen molar-refractivity contribution in [3.05, 3.63) is 29.8 Å². The lowest BCUT2D eigenvalue weighted by Gasteiger charge is -2.27. The van der Waals surface area contributed by atoms with Gasteiger partial charge in [-0.15, -0.1) is 12.4 Å². The van der Waals surface area contributed by atoms with Crippen LogP contribution in [-0.2, 0) is 9.53 Å². The van der Waals surface area contributed by atoms with E-state index in [2.05, 4.69) is 4.90 Å². The van der Waals surface area contributed by atoms with Crippen molar-refractivity contribution in [3.63, 3.8) is 0 Å². The van der Waals surface area contributed by atoms with E-state index in [1.54, 1.807) is 13.2 Å². The molecule has 2 rings (SSSR count). The van der Waals surface area contributed by atoms with Crippen molar-refractivity contribution in [2.75, 3.05) is 40.0 Å². The molecule has 0 aromatic heterocycles. The number of carbonyl (C=O) groups is 1. The van der Waals surface area contributed by atoms with Crippen LogP contribution in [0.5, 0.6) is 5.75 Å². The van der Waals surface area contributed by atoms with Gasteiger partial charge in [-0.2, -0.15) is 0 Å². The number of benzene rings is 1. The summed E-state index contributed by atoms with van der Waals surface area (Å²) in [7, 11) is 1.59. The van der Waals surface area contributed by atoms with Gasteiger partial charge in [-0.25, -0.2) is 0 Å². The van der Waals surface area contributed by atoms with E-state index in [0.717, 1.165) is 38.4 Å². The van der Waals surface area contributed by atoms with E-state index in [-0.39, 0.29) is 12.4 Å². The fourth-order valence-corrected chi connectivity index (χ4v) is 2.43. The van der Waals surface area contributed by atoms with E-state index in [1.807, 2.05) is 18.2 Å². The summed E-state index contributed by atoms with van der Waals surface area (Å²) in [5, 5.41) is 9.44. The molecule has 0 bridgehead atoms. The molecule has 0 amide bonds. The monoisotopic (exact) mass is 315 g/mol. The maximum Gasteiger partial charge on any atom is 0.311 e. The van der Waals surface area contributed by atoms with E-state index in [9.17, 15) is 9.90 Å². The first kappa shape index (κ1) is 17.8. The molecule has 0 saturated carbocycles. The van der Waals surface area contributed by atoms with Crippen LogP contribution < -0.4 is 4.74 Å². The zero-order valence-electron chi connectivity index (χ0n) is 12.2. The van der Waals surface area contributed by atoms with Gasteiger partial charge < -0.3 is 14.6 Å². The molecule has 0 radical (unpaired) electrons. The average molecular weight is 316 g/mol. The SMILES string of the molecule is COc1cccc(C(CCN2CCOCC2)C(=O)O)c1.Cl. The Kier molecular flexibility index (Phi) is 7.50. The van der Waals surface area contributed by atoms with E-state index in [0.29, 0.717) is 12.2 Å². The minimum Gasteiger partial charge on any atom is -0.497 e. The van der Waals surface area contributed by atoms with Crippen molar-refractivity contribution >= 4 is 18.4 Å². The predicted octanol–water partition coefficient (Wildman–Crippen LogP) is 2.01. The topological polar surface area (TPSA) is 59.0 Å². The quantitative estimate of drug-likeness (QED) is 0.870. The smallest absolute Gasteiger partial charge is 0.311 e. The summed E-state index contributed by atoms with van der Waals surface area (Å²) in [6.07, 6.45) is 0.600. The molecule has 1 atom stereocenters. The summed E-state index contributed by atoms with van der Waals surface area (Å²) in [5.74, 6) is -0.584. The van der Waals surface area contributed by atoms with E-state index >= 15 is 0 Å². The number of hydrogen-bond acceptors (Lipinski definition) is 4. The highest BCUT2D eigenvalue weighted by Crippen LogP contribution is 2.24. The Hall–Kier alpha value is -1.30. The highest BCUT2D eigenvalue weighted by Gasteiger charge is 2.22. The Balaban J connectivity index is 0.00000220. The lowest BCUT2D eigenvalue weighted by Crippen LogP contribution is -2.37. The molecule has 1 unspecified atom stereocenters. The molecule has 0 aliphatic carbocycles. The van der Waals surface area contributed by atoms with Gasteiger partial charge in [0.2, 0.25) is 0 Å². The van der Waals surface area contributed by atoms with E-state index in [4.69, 9.17) is 9.47 Å². The molecule has 1 heterocycles. The van der Waals surface area contributed by atoms with Gasteiger partial charge in [0.1, 0.15) is 5.75 Å². The minimum absolute atomic E-state index is 0. The molecule has 118 valence electrons. The fourth-order valence-electron chi connectivity index (χ4n) is 2.43. The first-order chi connectivity index (χ1) is 9.70. The second kappa shape index (κ2) is 8.87. The van der Waals surface area contributed by atoms with Crippen molar-refractivity contribution in [1.29, 1.82) is 0 Å². The molecule has 21 heavy (non-hydrogen) atoms. The summed E-state index contributed by atoms with van der Waals surface area (Å²) < 4.78 is 10.5. The van der Waals surface area contributed by atoms with Gasteiger partial charge >= 0.3 is 5.97 Å².